The van der Waals surface area contributed by atoms with Gasteiger partial charge in [0.15, 0.2) is 0 Å². The number of nitrogens with zero attached hydrogens (tertiary/aromatic N) is 2. The van der Waals surface area contributed by atoms with Gasteiger partial charge in [-0.2, -0.15) is 17.4 Å². The van der Waals surface area contributed by atoms with Crippen LogP contribution in [0.2, 0.25) is 0 Å². The maximum absolute atomic E-state index is 12.9. The van der Waals surface area contributed by atoms with Gasteiger partial charge >= 0.3 is 0 Å². The van der Waals surface area contributed by atoms with Gasteiger partial charge in [-0.05, 0) is 56.1 Å². The van der Waals surface area contributed by atoms with E-state index in [1.54, 1.807) is 4.31 Å². The fraction of sp³-hybridized carbons (Fsp3) is 0.800. The molecule has 1 aromatic rings. The number of hydrogen-bond acceptors (Lipinski definition) is 4. The quantitative estimate of drug-likeness (QED) is 0.782. The molecule has 152 valence electrons. The average molecular weight is 412 g/mol. The lowest BCUT2D eigenvalue weighted by molar-refractivity contribution is 0.133. The fourth-order valence-corrected chi connectivity index (χ4v) is 7.70. The fourth-order valence-electron chi connectivity index (χ4n) is 5.09. The molecule has 3 heterocycles. The predicted molar refractivity (Wildman–Crippen MR) is 111 cm³/mol. The molecular weight excluding hydrogens is 378 g/mol. The van der Waals surface area contributed by atoms with Crippen LogP contribution in [0.4, 0.5) is 0 Å². The van der Waals surface area contributed by atoms with E-state index in [9.17, 15) is 8.42 Å². The van der Waals surface area contributed by atoms with Crippen molar-refractivity contribution in [1.29, 1.82) is 0 Å². The third-order valence-corrected chi connectivity index (χ3v) is 9.37. The number of aryl methyl sites for hydroxylation is 1. The van der Waals surface area contributed by atoms with Gasteiger partial charge < -0.3 is 0 Å². The van der Waals surface area contributed by atoms with Crippen LogP contribution in [-0.4, -0.2) is 49.8 Å². The summed E-state index contributed by atoms with van der Waals surface area (Å²) in [4.78, 5) is 5.44. The van der Waals surface area contributed by atoms with Crippen LogP contribution in [0.25, 0.3) is 0 Å². The van der Waals surface area contributed by atoms with Gasteiger partial charge in [-0.15, -0.1) is 11.3 Å². The van der Waals surface area contributed by atoms with Crippen LogP contribution in [-0.2, 0) is 23.2 Å². The molecule has 1 unspecified atom stereocenters. The van der Waals surface area contributed by atoms with E-state index in [2.05, 4.69) is 28.7 Å². The van der Waals surface area contributed by atoms with E-state index in [1.807, 2.05) is 11.3 Å². The summed E-state index contributed by atoms with van der Waals surface area (Å²) in [6.07, 6.45) is 7.70. The Balaban J connectivity index is 1.37. The minimum absolute atomic E-state index is 0.129. The second-order valence-electron chi connectivity index (χ2n) is 8.48. The number of rotatable bonds is 6. The van der Waals surface area contributed by atoms with Crippen LogP contribution < -0.4 is 4.72 Å². The smallest absolute Gasteiger partial charge is 0.279 e. The molecule has 0 amide bonds. The van der Waals surface area contributed by atoms with Gasteiger partial charge in [0.05, 0.1) is 0 Å². The molecule has 7 heteroatoms. The standard InChI is InChI=1S/C20H33N3O2S2/c1-2-18-9-10-19(26-18)15-22-13-16-7-8-17(14-22)20(16)21-27(24,25)23-11-5-3-4-6-12-23/h9-10,16-17,20-21H,2-8,11-15H2,1H3/t16-,17+,20?. The normalized spacial score (nSPS) is 30.5. The van der Waals surface area contributed by atoms with Crippen molar-refractivity contribution >= 4 is 21.5 Å². The minimum Gasteiger partial charge on any atom is -0.298 e. The molecule has 2 bridgehead atoms. The maximum atomic E-state index is 12.9. The van der Waals surface area contributed by atoms with E-state index < -0.39 is 10.2 Å². The first-order valence-electron chi connectivity index (χ1n) is 10.6. The van der Waals surface area contributed by atoms with Crippen molar-refractivity contribution in [3.8, 4) is 0 Å². The van der Waals surface area contributed by atoms with Crippen LogP contribution in [0, 0.1) is 11.8 Å². The number of fused-ring (bicyclic) bond motifs is 2. The lowest BCUT2D eigenvalue weighted by atomic mass is 9.93. The first kappa shape index (κ1) is 19.8. The van der Waals surface area contributed by atoms with Gasteiger partial charge in [-0.3, -0.25) is 4.90 Å². The van der Waals surface area contributed by atoms with Crippen LogP contribution >= 0.6 is 11.3 Å². The Labute approximate surface area is 168 Å². The molecule has 3 aliphatic rings. The minimum atomic E-state index is -3.34. The summed E-state index contributed by atoms with van der Waals surface area (Å²) < 4.78 is 30.7. The van der Waals surface area contributed by atoms with Crippen molar-refractivity contribution in [2.75, 3.05) is 26.2 Å². The maximum Gasteiger partial charge on any atom is 0.279 e. The highest BCUT2D eigenvalue weighted by Gasteiger charge is 2.44. The molecule has 1 saturated carbocycles. The summed E-state index contributed by atoms with van der Waals surface area (Å²) in [6, 6.07) is 4.64. The summed E-state index contributed by atoms with van der Waals surface area (Å²) in [5.74, 6) is 0.909. The van der Waals surface area contributed by atoms with Gasteiger partial charge in [-0.1, -0.05) is 19.8 Å². The molecule has 3 fully saturated rings. The average Bonchev–Trinajstić information content (AvgIpc) is 3.03. The van der Waals surface area contributed by atoms with Gasteiger partial charge in [0.1, 0.15) is 0 Å². The largest absolute Gasteiger partial charge is 0.298 e. The Bertz CT molecular complexity index is 711. The van der Waals surface area contributed by atoms with Gasteiger partial charge in [0.25, 0.3) is 10.2 Å². The topological polar surface area (TPSA) is 52.7 Å². The van der Waals surface area contributed by atoms with Crippen LogP contribution in [0.3, 0.4) is 0 Å². The summed E-state index contributed by atoms with van der Waals surface area (Å²) in [6.45, 7) is 6.62. The van der Waals surface area contributed by atoms with Crippen LogP contribution in [0.1, 0.15) is 55.2 Å². The number of thiophene rings is 1. The molecule has 4 rings (SSSR count). The molecule has 5 nitrogen and oxygen atoms in total. The van der Waals surface area contributed by atoms with Crippen molar-refractivity contribution in [2.24, 2.45) is 11.8 Å². The molecule has 1 aromatic heterocycles. The van der Waals surface area contributed by atoms with Crippen molar-refractivity contribution in [3.63, 3.8) is 0 Å². The molecule has 1 aliphatic carbocycles. The number of likely N-dealkylation sites (tertiary alicyclic amines) is 1. The van der Waals surface area contributed by atoms with Gasteiger partial charge in [-0.25, -0.2) is 0 Å². The Hall–Kier alpha value is -0.470. The number of hydrogen-bond donors (Lipinski definition) is 1. The van der Waals surface area contributed by atoms with E-state index in [1.165, 1.54) is 9.75 Å². The highest BCUT2D eigenvalue weighted by Crippen LogP contribution is 2.38. The van der Waals surface area contributed by atoms with Gasteiger partial charge in [0, 0.05) is 48.5 Å². The molecule has 2 aliphatic heterocycles. The van der Waals surface area contributed by atoms with Crippen molar-refractivity contribution in [2.45, 2.75) is 64.5 Å². The highest BCUT2D eigenvalue weighted by molar-refractivity contribution is 7.87. The lowest BCUT2D eigenvalue weighted by Gasteiger charge is -2.38. The zero-order chi connectivity index (χ0) is 18.9. The van der Waals surface area contributed by atoms with Crippen molar-refractivity contribution in [3.05, 3.63) is 21.9 Å². The van der Waals surface area contributed by atoms with E-state index in [4.69, 9.17) is 0 Å². The second-order valence-corrected chi connectivity index (χ2v) is 11.4. The first-order valence-corrected chi connectivity index (χ1v) is 12.9. The molecule has 2 saturated heterocycles. The Kier molecular flexibility index (Phi) is 6.24. The molecule has 0 radical (unpaired) electrons. The molecule has 27 heavy (non-hydrogen) atoms. The monoisotopic (exact) mass is 411 g/mol. The summed E-state index contributed by atoms with van der Waals surface area (Å²) in [5.41, 5.74) is 0. The van der Waals surface area contributed by atoms with Crippen molar-refractivity contribution in [1.82, 2.24) is 13.9 Å². The Morgan fingerprint density at radius 2 is 1.67 bits per heavy atom. The van der Waals surface area contributed by atoms with Crippen LogP contribution in [0.15, 0.2) is 12.1 Å². The lowest BCUT2D eigenvalue weighted by Crippen LogP contribution is -2.55. The van der Waals surface area contributed by atoms with Crippen LogP contribution in [0.5, 0.6) is 0 Å². The third-order valence-electron chi connectivity index (χ3n) is 6.54. The molecular formula is C20H33N3O2S2. The summed E-state index contributed by atoms with van der Waals surface area (Å²) in [7, 11) is -3.34. The van der Waals surface area contributed by atoms with E-state index in [0.717, 1.165) is 64.6 Å². The zero-order valence-corrected chi connectivity index (χ0v) is 18.0. The molecule has 1 N–H and O–H groups in total. The zero-order valence-electron chi connectivity index (χ0n) is 16.4. The highest BCUT2D eigenvalue weighted by atomic mass is 32.2. The van der Waals surface area contributed by atoms with Gasteiger partial charge in [0.2, 0.25) is 0 Å². The van der Waals surface area contributed by atoms with Crippen molar-refractivity contribution < 1.29 is 8.42 Å². The Morgan fingerprint density at radius 3 is 2.26 bits per heavy atom. The summed E-state index contributed by atoms with van der Waals surface area (Å²) >= 11 is 1.92. The third kappa shape index (κ3) is 4.58. The predicted octanol–water partition coefficient (Wildman–Crippen LogP) is 3.23. The number of piperidine rings is 1. The first-order chi connectivity index (χ1) is 13.0. The SMILES string of the molecule is CCc1ccc(CN2C[C@H]3CC[C@@H](C2)C3NS(=O)(=O)N2CCCCCC2)s1. The Morgan fingerprint density at radius 1 is 1.04 bits per heavy atom. The summed E-state index contributed by atoms with van der Waals surface area (Å²) in [5, 5.41) is 0. The van der Waals surface area contributed by atoms with E-state index >= 15 is 0 Å². The number of nitrogens with one attached hydrogen (secondary N) is 1. The second kappa shape index (κ2) is 8.49. The van der Waals surface area contributed by atoms with E-state index in [0.29, 0.717) is 24.9 Å². The molecule has 0 aromatic carbocycles. The van der Waals surface area contributed by atoms with E-state index in [-0.39, 0.29) is 6.04 Å². The molecule has 0 spiro atoms. The molecule has 3 atom stereocenters.